The van der Waals surface area contributed by atoms with Crippen LogP contribution in [0.1, 0.15) is 6.42 Å². The van der Waals surface area contributed by atoms with Gasteiger partial charge in [0.2, 0.25) is 5.91 Å². The van der Waals surface area contributed by atoms with Gasteiger partial charge in [-0.05, 0) is 0 Å². The Morgan fingerprint density at radius 1 is 1.65 bits per heavy atom. The zero-order valence-electron chi connectivity index (χ0n) is 9.46. The molecule has 1 N–H and O–H groups in total. The Kier molecular flexibility index (Phi) is 5.25. The molecule has 0 aromatic heterocycles. The minimum atomic E-state index is -1.01. The van der Waals surface area contributed by atoms with Crippen LogP contribution < -0.4 is 0 Å². The zero-order valence-corrected chi connectivity index (χ0v) is 10.3. The Balaban J connectivity index is 2.57. The smallest absolute Gasteiger partial charge is 0.326 e. The van der Waals surface area contributed by atoms with Gasteiger partial charge >= 0.3 is 5.97 Å². The van der Waals surface area contributed by atoms with Gasteiger partial charge in [-0.3, -0.25) is 4.79 Å². The van der Waals surface area contributed by atoms with E-state index in [-0.39, 0.29) is 23.5 Å². The van der Waals surface area contributed by atoms with Crippen LogP contribution in [0.4, 0.5) is 0 Å². The van der Waals surface area contributed by atoms with E-state index in [1.807, 2.05) is 6.07 Å². The first-order valence-corrected chi connectivity index (χ1v) is 6.25. The number of amides is 1. The molecule has 0 radical (unpaired) electrons. The molecule has 0 bridgehead atoms. The maximum atomic E-state index is 11.8. The van der Waals surface area contributed by atoms with Gasteiger partial charge < -0.3 is 14.7 Å². The van der Waals surface area contributed by atoms with Crippen LogP contribution in [0.5, 0.6) is 0 Å². The number of methoxy groups -OCH3 is 1. The molecule has 1 aliphatic rings. The average molecular weight is 258 g/mol. The number of carbonyl (C=O) groups excluding carboxylic acids is 1. The first-order valence-electron chi connectivity index (χ1n) is 5.10. The highest BCUT2D eigenvalue weighted by molar-refractivity contribution is 8.00. The molecule has 1 aliphatic heterocycles. The van der Waals surface area contributed by atoms with Gasteiger partial charge in [-0.25, -0.2) is 4.79 Å². The van der Waals surface area contributed by atoms with Crippen LogP contribution in [-0.4, -0.2) is 59.2 Å². The molecular formula is C10H14N2O4S. The molecule has 17 heavy (non-hydrogen) atoms. The topological polar surface area (TPSA) is 90.6 Å². The minimum Gasteiger partial charge on any atom is -0.480 e. The van der Waals surface area contributed by atoms with Crippen molar-refractivity contribution in [2.24, 2.45) is 0 Å². The van der Waals surface area contributed by atoms with Crippen LogP contribution in [0.3, 0.4) is 0 Å². The van der Waals surface area contributed by atoms with E-state index in [1.54, 1.807) is 0 Å². The number of ether oxygens (including phenoxy) is 1. The molecule has 2 atom stereocenters. The monoisotopic (exact) mass is 258 g/mol. The lowest BCUT2D eigenvalue weighted by Gasteiger charge is -2.20. The number of aliphatic carboxylic acids is 1. The Morgan fingerprint density at radius 3 is 2.88 bits per heavy atom. The average Bonchev–Trinajstić information content (AvgIpc) is 2.73. The van der Waals surface area contributed by atoms with E-state index in [0.717, 1.165) is 0 Å². The minimum absolute atomic E-state index is 0.133. The number of likely N-dealkylation sites (tertiary alicyclic amines) is 1. The lowest BCUT2D eigenvalue weighted by Crippen LogP contribution is -2.41. The predicted octanol–water partition coefficient (Wildman–Crippen LogP) is -0.0563. The summed E-state index contributed by atoms with van der Waals surface area (Å²) in [5, 5.41) is 17.4. The van der Waals surface area contributed by atoms with Gasteiger partial charge in [-0.1, -0.05) is 0 Å². The number of hydrogen-bond donors (Lipinski definition) is 1. The van der Waals surface area contributed by atoms with Crippen LogP contribution in [0.25, 0.3) is 0 Å². The molecule has 7 heteroatoms. The van der Waals surface area contributed by atoms with Gasteiger partial charge in [0.15, 0.2) is 0 Å². The second-order valence-corrected chi connectivity index (χ2v) is 4.63. The van der Waals surface area contributed by atoms with Crippen LogP contribution in [0.15, 0.2) is 0 Å². The number of nitrogens with zero attached hydrogens (tertiary/aromatic N) is 2. The first-order chi connectivity index (χ1) is 8.10. The fourth-order valence-electron chi connectivity index (χ4n) is 1.74. The Hall–Kier alpha value is -1.26. The van der Waals surface area contributed by atoms with E-state index in [9.17, 15) is 9.59 Å². The highest BCUT2D eigenvalue weighted by atomic mass is 32.2. The van der Waals surface area contributed by atoms with Crippen molar-refractivity contribution < 1.29 is 19.4 Å². The zero-order chi connectivity index (χ0) is 12.8. The van der Waals surface area contributed by atoms with Gasteiger partial charge in [0, 0.05) is 20.1 Å². The molecule has 94 valence electrons. The van der Waals surface area contributed by atoms with Crippen molar-refractivity contribution in [2.45, 2.75) is 18.6 Å². The van der Waals surface area contributed by atoms with Crippen molar-refractivity contribution in [3.05, 3.63) is 0 Å². The van der Waals surface area contributed by atoms with Crippen molar-refractivity contribution in [2.75, 3.05) is 25.2 Å². The molecule has 1 amide bonds. The number of nitriles is 1. The SMILES string of the molecule is COC1CC(C(=O)O)N(C(=O)CSCC#N)C1. The molecule has 0 aliphatic carbocycles. The molecule has 0 spiro atoms. The number of thioether (sulfide) groups is 1. The van der Waals surface area contributed by atoms with E-state index >= 15 is 0 Å². The first kappa shape index (κ1) is 13.8. The molecule has 1 heterocycles. The third-order valence-corrected chi connectivity index (χ3v) is 3.38. The predicted molar refractivity (Wildman–Crippen MR) is 61.5 cm³/mol. The highest BCUT2D eigenvalue weighted by Gasteiger charge is 2.39. The summed E-state index contributed by atoms with van der Waals surface area (Å²) in [6.45, 7) is 0.305. The normalized spacial score (nSPS) is 23.4. The van der Waals surface area contributed by atoms with Crippen LogP contribution in [0.2, 0.25) is 0 Å². The summed E-state index contributed by atoms with van der Waals surface area (Å²) in [7, 11) is 1.50. The van der Waals surface area contributed by atoms with Crippen molar-refractivity contribution in [3.8, 4) is 6.07 Å². The fraction of sp³-hybridized carbons (Fsp3) is 0.700. The summed E-state index contributed by atoms with van der Waals surface area (Å²) in [6.07, 6.45) is 0.0986. The number of carboxylic acids is 1. The highest BCUT2D eigenvalue weighted by Crippen LogP contribution is 2.21. The number of rotatable bonds is 5. The van der Waals surface area contributed by atoms with E-state index in [2.05, 4.69) is 0 Å². The number of carbonyl (C=O) groups is 2. The second-order valence-electron chi connectivity index (χ2n) is 3.64. The fourth-order valence-corrected chi connectivity index (χ4v) is 2.28. The van der Waals surface area contributed by atoms with Crippen molar-refractivity contribution in [1.82, 2.24) is 4.90 Å². The third-order valence-electron chi connectivity index (χ3n) is 2.59. The van der Waals surface area contributed by atoms with E-state index < -0.39 is 12.0 Å². The van der Waals surface area contributed by atoms with Crippen LogP contribution >= 0.6 is 11.8 Å². The molecule has 6 nitrogen and oxygen atoms in total. The lowest BCUT2D eigenvalue weighted by atomic mass is 10.2. The van der Waals surface area contributed by atoms with Gasteiger partial charge in [-0.15, -0.1) is 11.8 Å². The number of hydrogen-bond acceptors (Lipinski definition) is 5. The summed E-state index contributed by atoms with van der Waals surface area (Å²) in [6, 6.07) is 1.11. The van der Waals surface area contributed by atoms with Crippen molar-refractivity contribution in [3.63, 3.8) is 0 Å². The molecule has 1 rings (SSSR count). The van der Waals surface area contributed by atoms with Crippen LogP contribution in [-0.2, 0) is 14.3 Å². The molecule has 0 aromatic carbocycles. The standard InChI is InChI=1S/C10H14N2O4S/c1-16-7-4-8(10(14)15)12(5-7)9(13)6-17-3-2-11/h7-8H,3-6H2,1H3,(H,14,15). The van der Waals surface area contributed by atoms with E-state index in [4.69, 9.17) is 15.1 Å². The van der Waals surface area contributed by atoms with Crippen LogP contribution in [0, 0.1) is 11.3 Å². The van der Waals surface area contributed by atoms with E-state index in [0.29, 0.717) is 13.0 Å². The molecule has 1 fully saturated rings. The molecule has 2 unspecified atom stereocenters. The lowest BCUT2D eigenvalue weighted by molar-refractivity contribution is -0.147. The largest absolute Gasteiger partial charge is 0.480 e. The van der Waals surface area contributed by atoms with E-state index in [1.165, 1.54) is 23.8 Å². The summed E-state index contributed by atoms with van der Waals surface area (Å²) in [5.41, 5.74) is 0. The van der Waals surface area contributed by atoms with Crippen molar-refractivity contribution >= 4 is 23.6 Å². The Bertz CT molecular complexity index is 342. The Morgan fingerprint density at radius 2 is 2.35 bits per heavy atom. The second kappa shape index (κ2) is 6.47. The summed E-state index contributed by atoms with van der Waals surface area (Å²) < 4.78 is 5.08. The van der Waals surface area contributed by atoms with Gasteiger partial charge in [0.1, 0.15) is 6.04 Å². The molecule has 0 aromatic rings. The molecule has 1 saturated heterocycles. The third kappa shape index (κ3) is 3.61. The molecular weight excluding hydrogens is 244 g/mol. The number of carboxylic acid groups (broad SMARTS) is 1. The van der Waals surface area contributed by atoms with Gasteiger partial charge in [0.25, 0.3) is 0 Å². The summed E-state index contributed by atoms with van der Waals surface area (Å²) in [4.78, 5) is 24.1. The van der Waals surface area contributed by atoms with Gasteiger partial charge in [-0.2, -0.15) is 5.26 Å². The van der Waals surface area contributed by atoms with Crippen molar-refractivity contribution in [1.29, 1.82) is 5.26 Å². The Labute approximate surface area is 104 Å². The summed E-state index contributed by atoms with van der Waals surface area (Å²) >= 11 is 1.18. The quantitative estimate of drug-likeness (QED) is 0.695. The maximum Gasteiger partial charge on any atom is 0.326 e. The maximum absolute atomic E-state index is 11.8. The van der Waals surface area contributed by atoms with Gasteiger partial charge in [0.05, 0.1) is 23.7 Å². The summed E-state index contributed by atoms with van der Waals surface area (Å²) in [5.74, 6) is -0.904. The molecule has 0 saturated carbocycles.